The van der Waals surface area contributed by atoms with E-state index in [0.29, 0.717) is 23.5 Å². The zero-order valence-electron chi connectivity index (χ0n) is 16.2. The number of nitrogens with zero attached hydrogens (tertiary/aromatic N) is 1. The third kappa shape index (κ3) is 4.61. The number of hydrogen-bond donors (Lipinski definition) is 2. The molecule has 150 valence electrons. The lowest BCUT2D eigenvalue weighted by Gasteiger charge is -2.17. The van der Waals surface area contributed by atoms with E-state index < -0.39 is 5.91 Å². The lowest BCUT2D eigenvalue weighted by Crippen LogP contribution is -2.34. The van der Waals surface area contributed by atoms with Crippen LogP contribution in [0.2, 0.25) is 0 Å². The summed E-state index contributed by atoms with van der Waals surface area (Å²) in [5.74, 6) is 0.158. The highest BCUT2D eigenvalue weighted by atomic mass is 16.5. The van der Waals surface area contributed by atoms with Gasteiger partial charge in [0, 0.05) is 18.0 Å². The normalized spacial score (nSPS) is 16.2. The molecule has 1 saturated heterocycles. The summed E-state index contributed by atoms with van der Waals surface area (Å²) in [6.07, 6.45) is 1.93. The van der Waals surface area contributed by atoms with E-state index in [-0.39, 0.29) is 30.4 Å². The number of anilines is 1. The summed E-state index contributed by atoms with van der Waals surface area (Å²) in [7, 11) is 0. The number of aromatic nitrogens is 1. The molecule has 2 heterocycles. The molecule has 1 amide bonds. The molecule has 28 heavy (non-hydrogen) atoms. The largest absolute Gasteiger partial charge is 0.491 e. The molecule has 2 N–H and O–H groups in total. The van der Waals surface area contributed by atoms with Crippen molar-refractivity contribution in [3.8, 4) is 5.75 Å². The minimum atomic E-state index is -0.437. The summed E-state index contributed by atoms with van der Waals surface area (Å²) in [5, 5.41) is 11.6. The molecule has 1 aromatic carbocycles. The van der Waals surface area contributed by atoms with Crippen LogP contribution < -0.4 is 15.6 Å². The Kier molecular flexibility index (Phi) is 6.49. The maximum absolute atomic E-state index is 13.0. The summed E-state index contributed by atoms with van der Waals surface area (Å²) >= 11 is 0. The molecule has 3 rings (SSSR count). The van der Waals surface area contributed by atoms with E-state index in [1.807, 2.05) is 13.0 Å². The SMILES string of the molecule is Cc1cc(C)n(C[C@@H]2CCCO2)c(=O)c1C(=O)Nc1ccc(OCCO)cc1. The standard InChI is InChI=1S/C21H26N2O5/c1-14-12-15(2)23(13-18-4-3-10-27-18)21(26)19(14)20(25)22-16-5-7-17(8-6-16)28-11-9-24/h5-8,12,18,24H,3-4,9-11,13H2,1-2H3,(H,22,25)/t18-/m0/s1. The Hall–Kier alpha value is -2.64. The molecule has 1 aliphatic rings. The number of hydrogen-bond acceptors (Lipinski definition) is 5. The quantitative estimate of drug-likeness (QED) is 0.762. The van der Waals surface area contributed by atoms with Crippen LogP contribution in [0.5, 0.6) is 5.75 Å². The first-order valence-electron chi connectivity index (χ1n) is 9.47. The van der Waals surface area contributed by atoms with Gasteiger partial charge in [-0.3, -0.25) is 9.59 Å². The summed E-state index contributed by atoms with van der Waals surface area (Å²) < 4.78 is 12.6. The van der Waals surface area contributed by atoms with Gasteiger partial charge in [-0.2, -0.15) is 0 Å². The lowest BCUT2D eigenvalue weighted by molar-refractivity contribution is 0.0947. The van der Waals surface area contributed by atoms with Crippen LogP contribution in [0, 0.1) is 13.8 Å². The first kappa shape index (κ1) is 20.1. The fraction of sp³-hybridized carbons (Fsp3) is 0.429. The Balaban J connectivity index is 1.79. The van der Waals surface area contributed by atoms with E-state index in [9.17, 15) is 9.59 Å². The number of carbonyl (C=O) groups excluding carboxylic acids is 1. The van der Waals surface area contributed by atoms with Crippen molar-refractivity contribution in [1.82, 2.24) is 4.57 Å². The Morgan fingerprint density at radius 2 is 2.07 bits per heavy atom. The second-order valence-electron chi connectivity index (χ2n) is 6.95. The molecule has 0 saturated carbocycles. The van der Waals surface area contributed by atoms with Gasteiger partial charge in [0.2, 0.25) is 0 Å². The average molecular weight is 386 g/mol. The van der Waals surface area contributed by atoms with Gasteiger partial charge < -0.3 is 24.5 Å². The van der Waals surface area contributed by atoms with Gasteiger partial charge in [-0.25, -0.2) is 0 Å². The van der Waals surface area contributed by atoms with Crippen molar-refractivity contribution in [2.45, 2.75) is 39.3 Å². The van der Waals surface area contributed by atoms with Crippen LogP contribution in [0.25, 0.3) is 0 Å². The maximum Gasteiger partial charge on any atom is 0.263 e. The number of benzene rings is 1. The minimum Gasteiger partial charge on any atom is -0.491 e. The van der Waals surface area contributed by atoms with Gasteiger partial charge in [0.1, 0.15) is 17.9 Å². The zero-order chi connectivity index (χ0) is 20.1. The van der Waals surface area contributed by atoms with E-state index in [0.717, 1.165) is 25.1 Å². The molecule has 1 atom stereocenters. The van der Waals surface area contributed by atoms with Crippen molar-refractivity contribution in [3.05, 3.63) is 57.5 Å². The lowest BCUT2D eigenvalue weighted by atomic mass is 10.1. The summed E-state index contributed by atoms with van der Waals surface area (Å²) in [6.45, 7) is 4.96. The average Bonchev–Trinajstić information content (AvgIpc) is 3.17. The first-order valence-corrected chi connectivity index (χ1v) is 9.47. The van der Waals surface area contributed by atoms with Crippen molar-refractivity contribution in [2.24, 2.45) is 0 Å². The molecular weight excluding hydrogens is 360 g/mol. The zero-order valence-corrected chi connectivity index (χ0v) is 16.2. The Morgan fingerprint density at radius 1 is 1.32 bits per heavy atom. The van der Waals surface area contributed by atoms with Gasteiger partial charge >= 0.3 is 0 Å². The Bertz CT molecular complexity index is 883. The predicted molar refractivity (Wildman–Crippen MR) is 106 cm³/mol. The molecule has 2 aromatic rings. The van der Waals surface area contributed by atoms with Gasteiger partial charge in [-0.1, -0.05) is 0 Å². The van der Waals surface area contributed by atoms with Gasteiger partial charge in [0.25, 0.3) is 11.5 Å². The van der Waals surface area contributed by atoms with Crippen LogP contribution in [-0.2, 0) is 11.3 Å². The molecule has 0 radical (unpaired) electrons. The highest BCUT2D eigenvalue weighted by Gasteiger charge is 2.22. The third-order valence-corrected chi connectivity index (χ3v) is 4.81. The Labute approximate surface area is 163 Å². The van der Waals surface area contributed by atoms with Crippen molar-refractivity contribution in [3.63, 3.8) is 0 Å². The molecule has 0 aliphatic carbocycles. The maximum atomic E-state index is 13.0. The van der Waals surface area contributed by atoms with Crippen LogP contribution in [0.1, 0.15) is 34.5 Å². The molecule has 0 unspecified atom stereocenters. The van der Waals surface area contributed by atoms with E-state index in [2.05, 4.69) is 5.32 Å². The van der Waals surface area contributed by atoms with Crippen molar-refractivity contribution < 1.29 is 19.4 Å². The number of nitrogens with one attached hydrogen (secondary N) is 1. The molecule has 1 aromatic heterocycles. The van der Waals surface area contributed by atoms with E-state index in [1.54, 1.807) is 35.8 Å². The molecule has 1 aliphatic heterocycles. The number of rotatable bonds is 7. The van der Waals surface area contributed by atoms with Gasteiger partial charge in [0.15, 0.2) is 0 Å². The van der Waals surface area contributed by atoms with Crippen LogP contribution in [0.3, 0.4) is 0 Å². The van der Waals surface area contributed by atoms with Crippen LogP contribution in [-0.4, -0.2) is 41.5 Å². The summed E-state index contributed by atoms with van der Waals surface area (Å²) in [4.78, 5) is 25.8. The third-order valence-electron chi connectivity index (χ3n) is 4.81. The molecule has 0 bridgehead atoms. The van der Waals surface area contributed by atoms with Gasteiger partial charge in [0.05, 0.1) is 19.3 Å². The highest BCUT2D eigenvalue weighted by Crippen LogP contribution is 2.18. The molecular formula is C21H26N2O5. The summed E-state index contributed by atoms with van der Waals surface area (Å²) in [5.41, 5.74) is 1.87. The van der Waals surface area contributed by atoms with E-state index in [1.165, 1.54) is 0 Å². The van der Waals surface area contributed by atoms with Crippen LogP contribution in [0.15, 0.2) is 35.1 Å². The minimum absolute atomic E-state index is 0.0153. The fourth-order valence-electron chi connectivity index (χ4n) is 3.41. The molecule has 0 spiro atoms. The molecule has 7 nitrogen and oxygen atoms in total. The molecule has 7 heteroatoms. The van der Waals surface area contributed by atoms with E-state index >= 15 is 0 Å². The topological polar surface area (TPSA) is 89.8 Å². The number of aliphatic hydroxyl groups excluding tert-OH is 1. The van der Waals surface area contributed by atoms with Crippen molar-refractivity contribution in [1.29, 1.82) is 0 Å². The first-order chi connectivity index (χ1) is 13.5. The highest BCUT2D eigenvalue weighted by molar-refractivity contribution is 6.05. The van der Waals surface area contributed by atoms with Gasteiger partial charge in [-0.05, 0) is 62.6 Å². The van der Waals surface area contributed by atoms with Gasteiger partial charge in [-0.15, -0.1) is 0 Å². The van der Waals surface area contributed by atoms with Crippen LogP contribution in [0.4, 0.5) is 5.69 Å². The number of aryl methyl sites for hydroxylation is 2. The fourth-order valence-corrected chi connectivity index (χ4v) is 3.41. The molecule has 1 fully saturated rings. The number of pyridine rings is 1. The smallest absolute Gasteiger partial charge is 0.263 e. The second-order valence-corrected chi connectivity index (χ2v) is 6.95. The monoisotopic (exact) mass is 386 g/mol. The van der Waals surface area contributed by atoms with Crippen molar-refractivity contribution in [2.75, 3.05) is 25.1 Å². The summed E-state index contributed by atoms with van der Waals surface area (Å²) in [6, 6.07) is 8.64. The predicted octanol–water partition coefficient (Wildman–Crippen LogP) is 2.27. The van der Waals surface area contributed by atoms with E-state index in [4.69, 9.17) is 14.6 Å². The Morgan fingerprint density at radius 3 is 2.71 bits per heavy atom. The van der Waals surface area contributed by atoms with Crippen LogP contribution >= 0.6 is 0 Å². The number of ether oxygens (including phenoxy) is 2. The number of aliphatic hydroxyl groups is 1. The number of amides is 1. The second kappa shape index (κ2) is 9.03. The number of carbonyl (C=O) groups is 1. The van der Waals surface area contributed by atoms with Crippen molar-refractivity contribution >= 4 is 11.6 Å².